The van der Waals surface area contributed by atoms with Crippen molar-refractivity contribution in [2.45, 2.75) is 111 Å². The Hall–Kier alpha value is -0.570. The van der Waals surface area contributed by atoms with Gasteiger partial charge in [0.2, 0.25) is 0 Å². The van der Waals surface area contributed by atoms with E-state index in [-0.39, 0.29) is 12.0 Å². The second-order valence-corrected chi connectivity index (χ2v) is 12.4. The zero-order chi connectivity index (χ0) is 21.7. The maximum absolute atomic E-state index is 11.3. The molecule has 4 aliphatic rings. The average Bonchev–Trinajstić information content (AvgIpc) is 3.05. The Morgan fingerprint density at radius 1 is 0.967 bits per heavy atom. The second-order valence-electron chi connectivity index (χ2n) is 12.4. The van der Waals surface area contributed by atoms with Crippen LogP contribution in [0.3, 0.4) is 0 Å². The number of hydrogen-bond acceptors (Lipinski definition) is 2. The zero-order valence-corrected chi connectivity index (χ0v) is 19.9. The first-order valence-corrected chi connectivity index (χ1v) is 13.1. The van der Waals surface area contributed by atoms with E-state index >= 15 is 0 Å². The van der Waals surface area contributed by atoms with Crippen LogP contribution in [0.5, 0.6) is 0 Å². The molecule has 30 heavy (non-hydrogen) atoms. The molecule has 4 unspecified atom stereocenters. The summed E-state index contributed by atoms with van der Waals surface area (Å²) in [6.07, 6.45) is 14.7. The van der Waals surface area contributed by atoms with Crippen LogP contribution in [-0.4, -0.2) is 22.3 Å². The van der Waals surface area contributed by atoms with Crippen LogP contribution >= 0.6 is 0 Å². The van der Waals surface area contributed by atoms with Crippen molar-refractivity contribution >= 4 is 5.97 Å². The highest BCUT2D eigenvalue weighted by Crippen LogP contribution is 2.68. The first-order valence-electron chi connectivity index (χ1n) is 13.1. The van der Waals surface area contributed by atoms with E-state index < -0.39 is 5.97 Å². The highest BCUT2D eigenvalue weighted by molar-refractivity contribution is 5.69. The molecule has 0 heterocycles. The van der Waals surface area contributed by atoms with Crippen molar-refractivity contribution < 1.29 is 15.0 Å². The molecule has 0 bridgehead atoms. The van der Waals surface area contributed by atoms with Gasteiger partial charge in [0.1, 0.15) is 0 Å². The molecule has 0 spiro atoms. The number of hydrogen-bond donors (Lipinski definition) is 2. The van der Waals surface area contributed by atoms with Crippen molar-refractivity contribution in [3.63, 3.8) is 0 Å². The summed E-state index contributed by atoms with van der Waals surface area (Å²) in [5, 5.41) is 20.5. The van der Waals surface area contributed by atoms with E-state index in [0.717, 1.165) is 43.4 Å². The van der Waals surface area contributed by atoms with Gasteiger partial charge in [0.25, 0.3) is 0 Å². The molecule has 4 rings (SSSR count). The lowest BCUT2D eigenvalue weighted by Gasteiger charge is -2.62. The van der Waals surface area contributed by atoms with Crippen LogP contribution in [-0.2, 0) is 4.79 Å². The van der Waals surface area contributed by atoms with Crippen LogP contribution in [0.1, 0.15) is 105 Å². The highest BCUT2D eigenvalue weighted by atomic mass is 16.4. The minimum Gasteiger partial charge on any atom is -0.481 e. The predicted molar refractivity (Wildman–Crippen MR) is 121 cm³/mol. The van der Waals surface area contributed by atoms with E-state index in [1.54, 1.807) is 0 Å². The molecule has 0 amide bonds. The molecule has 0 aromatic carbocycles. The number of carboxylic acid groups (broad SMARTS) is 1. The number of aliphatic hydroxyl groups excluding tert-OH is 1. The van der Waals surface area contributed by atoms with Gasteiger partial charge >= 0.3 is 5.97 Å². The van der Waals surface area contributed by atoms with E-state index in [1.165, 1.54) is 51.4 Å². The topological polar surface area (TPSA) is 57.5 Å². The molecule has 4 saturated carbocycles. The van der Waals surface area contributed by atoms with E-state index in [9.17, 15) is 9.90 Å². The van der Waals surface area contributed by atoms with Crippen LogP contribution in [0.15, 0.2) is 0 Å². The molecular weight excluding hydrogens is 372 g/mol. The van der Waals surface area contributed by atoms with Crippen LogP contribution in [0.4, 0.5) is 0 Å². The Labute approximate surface area is 184 Å². The quantitative estimate of drug-likeness (QED) is 0.515. The van der Waals surface area contributed by atoms with Crippen LogP contribution in [0, 0.1) is 52.3 Å². The standard InChI is InChI=1S/C27H46O3/c1-17(8-7-9-18(2)25(29)30)20-11-12-21-24-22(13-15-27(20,21)4)26(3)14-6-5-10-19(26)16-23(24)28/h17-24,28H,5-16H2,1-4H3,(H,29,30)/t17-,18-,19-,20?,21?,22?,23-,24?,26+,27-/m1/s1. The number of aliphatic hydroxyl groups is 1. The molecule has 0 aromatic heterocycles. The molecule has 4 fully saturated rings. The summed E-state index contributed by atoms with van der Waals surface area (Å²) in [6, 6.07) is 0. The number of carbonyl (C=O) groups is 1. The molecule has 172 valence electrons. The van der Waals surface area contributed by atoms with Crippen molar-refractivity contribution in [2.75, 3.05) is 0 Å². The van der Waals surface area contributed by atoms with Gasteiger partial charge in [-0.2, -0.15) is 0 Å². The third kappa shape index (κ3) is 3.65. The minimum absolute atomic E-state index is 0.0822. The molecule has 3 nitrogen and oxygen atoms in total. The maximum Gasteiger partial charge on any atom is 0.306 e. The summed E-state index contributed by atoms with van der Waals surface area (Å²) < 4.78 is 0. The Morgan fingerprint density at radius 3 is 2.43 bits per heavy atom. The lowest BCUT2D eigenvalue weighted by Crippen LogP contribution is -2.57. The molecule has 0 radical (unpaired) electrons. The van der Waals surface area contributed by atoms with Gasteiger partial charge in [-0.15, -0.1) is 0 Å². The Kier molecular flexibility index (Phi) is 6.34. The summed E-state index contributed by atoms with van der Waals surface area (Å²) in [6.45, 7) is 9.40. The van der Waals surface area contributed by atoms with Gasteiger partial charge in [-0.3, -0.25) is 4.79 Å². The third-order valence-corrected chi connectivity index (χ3v) is 11.1. The number of fused-ring (bicyclic) bond motifs is 5. The lowest BCUT2D eigenvalue weighted by atomic mass is 9.44. The van der Waals surface area contributed by atoms with Gasteiger partial charge in [0.05, 0.1) is 12.0 Å². The molecule has 2 N–H and O–H groups in total. The molecule has 10 atom stereocenters. The molecular formula is C27H46O3. The number of aliphatic carboxylic acids is 1. The predicted octanol–water partition coefficient (Wildman–Crippen LogP) is 6.53. The minimum atomic E-state index is -0.658. The fourth-order valence-corrected chi connectivity index (χ4v) is 9.30. The highest BCUT2D eigenvalue weighted by Gasteiger charge is 2.62. The summed E-state index contributed by atoms with van der Waals surface area (Å²) in [7, 11) is 0. The molecule has 3 heteroatoms. The van der Waals surface area contributed by atoms with Gasteiger partial charge in [-0.1, -0.05) is 53.4 Å². The zero-order valence-electron chi connectivity index (χ0n) is 19.9. The fraction of sp³-hybridized carbons (Fsp3) is 0.963. The number of rotatable bonds is 6. The Balaban J connectivity index is 1.46. The summed E-state index contributed by atoms with van der Waals surface area (Å²) >= 11 is 0. The first kappa shape index (κ1) is 22.6. The van der Waals surface area contributed by atoms with Crippen molar-refractivity contribution in [3.05, 3.63) is 0 Å². The van der Waals surface area contributed by atoms with Crippen LogP contribution < -0.4 is 0 Å². The van der Waals surface area contributed by atoms with Crippen LogP contribution in [0.2, 0.25) is 0 Å². The first-order chi connectivity index (χ1) is 14.2. The Bertz CT molecular complexity index is 632. The van der Waals surface area contributed by atoms with E-state index in [0.29, 0.717) is 28.6 Å². The van der Waals surface area contributed by atoms with Crippen molar-refractivity contribution in [3.8, 4) is 0 Å². The maximum atomic E-state index is 11.3. The van der Waals surface area contributed by atoms with Crippen molar-refractivity contribution in [1.82, 2.24) is 0 Å². The van der Waals surface area contributed by atoms with E-state index in [2.05, 4.69) is 20.8 Å². The van der Waals surface area contributed by atoms with E-state index in [4.69, 9.17) is 5.11 Å². The average molecular weight is 419 g/mol. The van der Waals surface area contributed by atoms with Gasteiger partial charge in [-0.25, -0.2) is 0 Å². The number of carboxylic acids is 1. The molecule has 0 aromatic rings. The third-order valence-electron chi connectivity index (χ3n) is 11.1. The van der Waals surface area contributed by atoms with Crippen molar-refractivity contribution in [2.24, 2.45) is 52.3 Å². The monoisotopic (exact) mass is 418 g/mol. The Morgan fingerprint density at radius 2 is 1.70 bits per heavy atom. The second kappa shape index (κ2) is 8.41. The smallest absolute Gasteiger partial charge is 0.306 e. The van der Waals surface area contributed by atoms with Gasteiger partial charge in [-0.05, 0) is 97.7 Å². The van der Waals surface area contributed by atoms with Crippen LogP contribution in [0.25, 0.3) is 0 Å². The van der Waals surface area contributed by atoms with Gasteiger partial charge in [0, 0.05) is 0 Å². The molecule has 4 aliphatic carbocycles. The van der Waals surface area contributed by atoms with Crippen molar-refractivity contribution in [1.29, 1.82) is 0 Å². The molecule has 0 aliphatic heterocycles. The van der Waals surface area contributed by atoms with Gasteiger partial charge < -0.3 is 10.2 Å². The lowest BCUT2D eigenvalue weighted by molar-refractivity contribution is -0.164. The fourth-order valence-electron chi connectivity index (χ4n) is 9.30. The summed E-state index contributed by atoms with van der Waals surface area (Å²) in [5.74, 6) is 3.22. The summed E-state index contributed by atoms with van der Waals surface area (Å²) in [4.78, 5) is 11.1. The largest absolute Gasteiger partial charge is 0.481 e. The van der Waals surface area contributed by atoms with E-state index in [1.807, 2.05) is 6.92 Å². The molecule has 0 saturated heterocycles. The SMILES string of the molecule is C[C@H](CCC[C@@H](C)C1CCC2C3C(CC[C@@]21C)[C@@]1(C)CCCC[C@@H]1C[C@H]3O)C(=O)O. The van der Waals surface area contributed by atoms with Gasteiger partial charge in [0.15, 0.2) is 0 Å². The normalized spacial score (nSPS) is 47.6. The summed E-state index contributed by atoms with van der Waals surface area (Å²) in [5.41, 5.74) is 0.845.